The van der Waals surface area contributed by atoms with E-state index in [1.165, 1.54) is 24.3 Å². The van der Waals surface area contributed by atoms with E-state index >= 15 is 0 Å². The average Bonchev–Trinajstić information content (AvgIpc) is 2.54. The highest BCUT2D eigenvalue weighted by Crippen LogP contribution is 2.26. The Morgan fingerprint density at radius 3 is 2.65 bits per heavy atom. The van der Waals surface area contributed by atoms with Gasteiger partial charge in [-0.25, -0.2) is 4.39 Å². The van der Waals surface area contributed by atoms with Gasteiger partial charge in [0.15, 0.2) is 5.11 Å². The monoisotopic (exact) mass is 330 g/mol. The van der Waals surface area contributed by atoms with Gasteiger partial charge in [0.25, 0.3) is 5.91 Å². The first-order chi connectivity index (χ1) is 11.0. The van der Waals surface area contributed by atoms with Crippen molar-refractivity contribution in [2.75, 3.05) is 5.32 Å². The topological polar surface area (TPSA) is 41.1 Å². The van der Waals surface area contributed by atoms with Gasteiger partial charge in [-0.1, -0.05) is 38.1 Å². The molecule has 0 saturated heterocycles. The summed E-state index contributed by atoms with van der Waals surface area (Å²) in [5.74, 6) is -0.526. The highest BCUT2D eigenvalue weighted by atomic mass is 32.1. The summed E-state index contributed by atoms with van der Waals surface area (Å²) >= 11 is 5.19. The van der Waals surface area contributed by atoms with Crippen molar-refractivity contribution in [3.05, 3.63) is 65.5 Å². The third-order valence-corrected chi connectivity index (χ3v) is 3.87. The minimum atomic E-state index is -0.460. The summed E-state index contributed by atoms with van der Waals surface area (Å²) in [5, 5.41) is 5.81. The van der Waals surface area contributed by atoms with Gasteiger partial charge in [0, 0.05) is 11.3 Å². The van der Waals surface area contributed by atoms with Crippen molar-refractivity contribution >= 4 is 28.9 Å². The van der Waals surface area contributed by atoms with Crippen molar-refractivity contribution < 1.29 is 9.18 Å². The predicted molar refractivity (Wildman–Crippen MR) is 95.2 cm³/mol. The molecule has 2 N–H and O–H groups in total. The molecule has 0 aromatic heterocycles. The molecule has 0 fully saturated rings. The van der Waals surface area contributed by atoms with Gasteiger partial charge in [0.1, 0.15) is 5.82 Å². The van der Waals surface area contributed by atoms with Gasteiger partial charge in [0.2, 0.25) is 0 Å². The number of halogens is 1. The van der Waals surface area contributed by atoms with Gasteiger partial charge in [-0.15, -0.1) is 0 Å². The molecule has 2 aromatic rings. The maximum absolute atomic E-state index is 13.2. The van der Waals surface area contributed by atoms with E-state index in [4.69, 9.17) is 12.2 Å². The zero-order valence-electron chi connectivity index (χ0n) is 13.1. The quantitative estimate of drug-likeness (QED) is 0.813. The van der Waals surface area contributed by atoms with Crippen LogP contribution < -0.4 is 10.6 Å². The number of amides is 1. The minimum absolute atomic E-state index is 0.190. The summed E-state index contributed by atoms with van der Waals surface area (Å²) in [6.45, 7) is 4.25. The SMILES string of the molecule is CC[C@@H](C)c1ccccc1NC(=S)NC(=O)c1cccc(F)c1. The molecular weight excluding hydrogens is 311 g/mol. The number of hydrogen-bond acceptors (Lipinski definition) is 2. The molecule has 0 heterocycles. The fraction of sp³-hybridized carbons (Fsp3) is 0.222. The van der Waals surface area contributed by atoms with Crippen LogP contribution in [0.1, 0.15) is 42.1 Å². The van der Waals surface area contributed by atoms with E-state index in [0.717, 1.165) is 17.7 Å². The molecule has 2 rings (SSSR count). The number of thiocarbonyl (C=S) groups is 1. The Labute approximate surface area is 140 Å². The molecule has 0 aliphatic heterocycles. The number of para-hydroxylation sites is 1. The van der Waals surface area contributed by atoms with E-state index in [1.54, 1.807) is 0 Å². The lowest BCUT2D eigenvalue weighted by atomic mass is 9.97. The zero-order chi connectivity index (χ0) is 16.8. The van der Waals surface area contributed by atoms with Gasteiger partial charge in [-0.3, -0.25) is 10.1 Å². The number of carbonyl (C=O) groups excluding carboxylic acids is 1. The van der Waals surface area contributed by atoms with Crippen LogP contribution >= 0.6 is 12.2 Å². The van der Waals surface area contributed by atoms with Crippen LogP contribution in [-0.4, -0.2) is 11.0 Å². The van der Waals surface area contributed by atoms with Gasteiger partial charge in [-0.05, 0) is 54.4 Å². The fourth-order valence-electron chi connectivity index (χ4n) is 2.22. The van der Waals surface area contributed by atoms with Crippen LogP contribution in [0.2, 0.25) is 0 Å². The van der Waals surface area contributed by atoms with Gasteiger partial charge in [-0.2, -0.15) is 0 Å². The molecule has 1 amide bonds. The third-order valence-electron chi connectivity index (χ3n) is 3.67. The first kappa shape index (κ1) is 17.1. The summed E-state index contributed by atoms with van der Waals surface area (Å²) in [5.41, 5.74) is 2.23. The predicted octanol–water partition coefficient (Wildman–Crippen LogP) is 4.47. The maximum Gasteiger partial charge on any atom is 0.257 e. The van der Waals surface area contributed by atoms with Crippen LogP contribution in [0.3, 0.4) is 0 Å². The number of hydrogen-bond donors (Lipinski definition) is 2. The summed E-state index contributed by atoms with van der Waals surface area (Å²) in [6.07, 6.45) is 1.00. The van der Waals surface area contributed by atoms with Gasteiger partial charge in [0.05, 0.1) is 0 Å². The van der Waals surface area contributed by atoms with Crippen molar-refractivity contribution in [1.29, 1.82) is 0 Å². The lowest BCUT2D eigenvalue weighted by Gasteiger charge is -2.17. The molecule has 1 atom stereocenters. The Kier molecular flexibility index (Phi) is 5.82. The van der Waals surface area contributed by atoms with Crippen LogP contribution in [0.5, 0.6) is 0 Å². The minimum Gasteiger partial charge on any atom is -0.332 e. The molecule has 0 spiro atoms. The number of rotatable bonds is 4. The van der Waals surface area contributed by atoms with Crippen LogP contribution in [0.25, 0.3) is 0 Å². The number of nitrogens with one attached hydrogen (secondary N) is 2. The smallest absolute Gasteiger partial charge is 0.257 e. The van der Waals surface area contributed by atoms with Crippen molar-refractivity contribution in [1.82, 2.24) is 5.32 Å². The van der Waals surface area contributed by atoms with Crippen molar-refractivity contribution in [3.8, 4) is 0 Å². The zero-order valence-corrected chi connectivity index (χ0v) is 13.9. The van der Waals surface area contributed by atoms with Crippen molar-refractivity contribution in [2.24, 2.45) is 0 Å². The molecule has 0 aliphatic carbocycles. The summed E-state index contributed by atoms with van der Waals surface area (Å²) in [7, 11) is 0. The van der Waals surface area contributed by atoms with Crippen molar-refractivity contribution in [3.63, 3.8) is 0 Å². The molecule has 0 aliphatic rings. The molecule has 3 nitrogen and oxygen atoms in total. The normalized spacial score (nSPS) is 11.6. The van der Waals surface area contributed by atoms with Crippen LogP contribution in [0.4, 0.5) is 10.1 Å². The van der Waals surface area contributed by atoms with E-state index in [1.807, 2.05) is 24.3 Å². The largest absolute Gasteiger partial charge is 0.332 e. The molecule has 0 saturated carbocycles. The third kappa shape index (κ3) is 4.60. The first-order valence-electron chi connectivity index (χ1n) is 7.48. The number of carbonyl (C=O) groups is 1. The van der Waals surface area contributed by atoms with Gasteiger partial charge < -0.3 is 5.32 Å². The summed E-state index contributed by atoms with van der Waals surface area (Å²) in [4.78, 5) is 12.1. The second-order valence-corrected chi connectivity index (χ2v) is 5.72. The lowest BCUT2D eigenvalue weighted by molar-refractivity contribution is 0.0977. The molecule has 23 heavy (non-hydrogen) atoms. The second-order valence-electron chi connectivity index (χ2n) is 5.32. The standard InChI is InChI=1S/C18H19FN2OS/c1-3-12(2)15-9-4-5-10-16(15)20-18(23)21-17(22)13-7-6-8-14(19)11-13/h4-12H,3H2,1-2H3,(H2,20,21,22,23)/t12-/m1/s1. The molecule has 2 aromatic carbocycles. The fourth-order valence-corrected chi connectivity index (χ4v) is 2.42. The Morgan fingerprint density at radius 1 is 1.22 bits per heavy atom. The first-order valence-corrected chi connectivity index (χ1v) is 7.89. The maximum atomic E-state index is 13.2. The Bertz CT molecular complexity index is 718. The van der Waals surface area contributed by atoms with E-state index in [-0.39, 0.29) is 10.7 Å². The molecule has 0 bridgehead atoms. The number of anilines is 1. The van der Waals surface area contributed by atoms with Gasteiger partial charge >= 0.3 is 0 Å². The molecule has 0 unspecified atom stereocenters. The van der Waals surface area contributed by atoms with E-state index in [9.17, 15) is 9.18 Å². The molecule has 5 heteroatoms. The van der Waals surface area contributed by atoms with E-state index < -0.39 is 11.7 Å². The Hall–Kier alpha value is -2.27. The molecule has 120 valence electrons. The van der Waals surface area contributed by atoms with Crippen LogP contribution in [-0.2, 0) is 0 Å². The van der Waals surface area contributed by atoms with Crippen molar-refractivity contribution in [2.45, 2.75) is 26.2 Å². The van der Waals surface area contributed by atoms with E-state index in [2.05, 4.69) is 24.5 Å². The Balaban J connectivity index is 2.07. The lowest BCUT2D eigenvalue weighted by Crippen LogP contribution is -2.34. The Morgan fingerprint density at radius 2 is 1.96 bits per heavy atom. The summed E-state index contributed by atoms with van der Waals surface area (Å²) < 4.78 is 13.2. The van der Waals surface area contributed by atoms with Crippen LogP contribution in [0.15, 0.2) is 48.5 Å². The second kappa shape index (κ2) is 7.83. The highest BCUT2D eigenvalue weighted by molar-refractivity contribution is 7.80. The summed E-state index contributed by atoms with van der Waals surface area (Å²) in [6, 6.07) is 13.3. The average molecular weight is 330 g/mol. The molecule has 0 radical (unpaired) electrons. The number of benzene rings is 2. The highest BCUT2D eigenvalue weighted by Gasteiger charge is 2.12. The van der Waals surface area contributed by atoms with Crippen LogP contribution in [0, 0.1) is 5.82 Å². The van der Waals surface area contributed by atoms with E-state index in [0.29, 0.717) is 5.92 Å². The molecular formula is C18H19FN2OS.